The molecule has 0 saturated carbocycles. The van der Waals surface area contributed by atoms with E-state index in [1.807, 2.05) is 159 Å². The van der Waals surface area contributed by atoms with Crippen LogP contribution in [0.4, 0.5) is 0 Å². The van der Waals surface area contributed by atoms with E-state index in [-0.39, 0.29) is 51.5 Å². The molecule has 13 nitrogen and oxygen atoms in total. The number of carbonyl (C=O) groups excluding carboxylic acids is 2. The van der Waals surface area contributed by atoms with Gasteiger partial charge in [-0.15, -0.1) is 0 Å². The Bertz CT molecular complexity index is 2580. The average Bonchev–Trinajstić information content (AvgIpc) is 3.50. The van der Waals surface area contributed by atoms with Crippen LogP contribution >= 0.6 is 0 Å². The van der Waals surface area contributed by atoms with E-state index in [1.165, 1.54) is 0 Å². The molecule has 1 heterocycles. The predicted octanol–water partition coefficient (Wildman–Crippen LogP) is 11.9. The summed E-state index contributed by atoms with van der Waals surface area (Å²) in [6, 6.07) is 56.1. The van der Waals surface area contributed by atoms with E-state index in [2.05, 4.69) is 10.6 Å². The highest BCUT2D eigenvalue weighted by Crippen LogP contribution is 2.32. The molecule has 7 rings (SSSR count). The second-order valence-corrected chi connectivity index (χ2v) is 20.5. The molecule has 3 N–H and O–H groups in total. The number of benzene rings is 6. The molecule has 1 aliphatic rings. The second-order valence-electron chi connectivity index (χ2n) is 20.5. The van der Waals surface area contributed by atoms with Crippen LogP contribution in [-0.2, 0) is 71.0 Å². The van der Waals surface area contributed by atoms with Gasteiger partial charge in [0.05, 0.1) is 65.5 Å². The normalized spacial score (nSPS) is 18.2. The lowest BCUT2D eigenvalue weighted by atomic mass is 9.97. The Morgan fingerprint density at radius 1 is 0.537 bits per heavy atom. The highest BCUT2D eigenvalue weighted by molar-refractivity contribution is 5.94. The number of rotatable bonds is 37. The molecular weight excluding hydrogens is 1010 g/mol. The van der Waals surface area contributed by atoms with Gasteiger partial charge in [0.1, 0.15) is 36.3 Å². The Morgan fingerprint density at radius 3 is 1.51 bits per heavy atom. The first kappa shape index (κ1) is 61.4. The van der Waals surface area contributed by atoms with Crippen molar-refractivity contribution in [3.05, 3.63) is 209 Å². The number of ether oxygens (including phenoxy) is 8. The smallest absolute Gasteiger partial charge is 0.251 e. The zero-order valence-corrected chi connectivity index (χ0v) is 46.8. The van der Waals surface area contributed by atoms with Gasteiger partial charge in [-0.05, 0) is 71.3 Å². The molecule has 6 aromatic rings. The van der Waals surface area contributed by atoms with Gasteiger partial charge < -0.3 is 53.6 Å². The van der Waals surface area contributed by atoms with E-state index in [0.717, 1.165) is 91.4 Å². The summed E-state index contributed by atoms with van der Waals surface area (Å²) in [6.07, 6.45) is 4.07. The first-order valence-electron chi connectivity index (χ1n) is 28.8. The number of aliphatic hydroxyl groups is 1. The highest BCUT2D eigenvalue weighted by atomic mass is 16.7. The summed E-state index contributed by atoms with van der Waals surface area (Å²) in [6.45, 7) is 3.96. The van der Waals surface area contributed by atoms with Crippen molar-refractivity contribution in [2.45, 2.75) is 160 Å². The summed E-state index contributed by atoms with van der Waals surface area (Å²) in [5.41, 5.74) is 5.50. The lowest BCUT2D eigenvalue weighted by Gasteiger charge is -2.46. The molecule has 0 radical (unpaired) electrons. The summed E-state index contributed by atoms with van der Waals surface area (Å²) >= 11 is 0. The maximum absolute atomic E-state index is 14.1. The molecule has 1 fully saturated rings. The number of unbranched alkanes of at least 4 members (excludes halogenated alkanes) is 8. The third-order valence-electron chi connectivity index (χ3n) is 14.3. The first-order chi connectivity index (χ1) is 39.4. The number of amides is 2. The van der Waals surface area contributed by atoms with Gasteiger partial charge in [0, 0.05) is 18.5 Å². The number of nitrogens with one attached hydrogen (secondary N) is 2. The number of methoxy groups -OCH3 is 1. The molecule has 1 saturated heterocycles. The van der Waals surface area contributed by atoms with Crippen LogP contribution in [-0.4, -0.2) is 92.7 Å². The summed E-state index contributed by atoms with van der Waals surface area (Å²) < 4.78 is 52.9. The van der Waals surface area contributed by atoms with Crippen molar-refractivity contribution in [1.82, 2.24) is 10.6 Å². The fourth-order valence-electron chi connectivity index (χ4n) is 9.77. The molecule has 3 unspecified atom stereocenters. The Hall–Kier alpha value is -6.26. The van der Waals surface area contributed by atoms with Crippen LogP contribution in [0.2, 0.25) is 0 Å². The van der Waals surface area contributed by atoms with E-state index in [0.29, 0.717) is 31.6 Å². The van der Waals surface area contributed by atoms with Crippen LogP contribution in [0.25, 0.3) is 0 Å². The van der Waals surface area contributed by atoms with Crippen molar-refractivity contribution in [2.75, 3.05) is 26.9 Å². The predicted molar refractivity (Wildman–Crippen MR) is 311 cm³/mol. The lowest BCUT2D eigenvalue weighted by molar-refractivity contribution is -0.330. The summed E-state index contributed by atoms with van der Waals surface area (Å²) in [5.74, 6) is 0.505. The maximum atomic E-state index is 14.1. The Morgan fingerprint density at radius 2 is 1.00 bits per heavy atom. The second kappa shape index (κ2) is 35.5. The molecule has 0 spiro atoms. The van der Waals surface area contributed by atoms with Gasteiger partial charge in [-0.25, -0.2) is 0 Å². The van der Waals surface area contributed by atoms with Gasteiger partial charge in [-0.3, -0.25) is 9.59 Å². The molecule has 0 bridgehead atoms. The Balaban J connectivity index is 1.03. The SMILES string of the molecule is CC[C@@H](O)[C@@H](OCc1ccccc1)[C@H](CO[C@H]1OC(COCc2ccccc2)[C@H](OCc2ccccc2)C(OCc2ccccc2)C1OCc1ccccc1)NC(=O)CCCCCCCCCCCNC(=O)c1ccc(OC)cc1. The standard InChI is InChI=1S/C67H84N2O11/c1-3-59(70)62(75-45-52-30-18-12-19-31-52)58(69-61(71)38-26-9-7-5-4-6-8-10-27-43-68-66(72)56-39-41-57(73-2)42-40-56)49-79-67-65(78-48-55-36-24-15-25-37-55)64(77-47-54-34-22-14-23-35-54)63(76-46-53-32-20-13-21-33-53)60(80-67)50-74-44-51-28-16-11-17-29-51/h11-25,28-37,39-42,58-60,62-65,67,70H,3-10,26-27,38,43-50H2,1-2H3,(H,68,72)(H,69,71)/t58-,59+,60?,62-,63-,64?,65?,67-/m0/s1. The lowest BCUT2D eigenvalue weighted by Crippen LogP contribution is -2.62. The third-order valence-corrected chi connectivity index (χ3v) is 14.3. The van der Waals surface area contributed by atoms with Crippen LogP contribution in [0.5, 0.6) is 5.75 Å². The van der Waals surface area contributed by atoms with Gasteiger partial charge in [0.25, 0.3) is 5.91 Å². The molecule has 2 amide bonds. The van der Waals surface area contributed by atoms with Gasteiger partial charge in [-0.1, -0.05) is 204 Å². The molecule has 0 aromatic heterocycles. The van der Waals surface area contributed by atoms with E-state index in [1.54, 1.807) is 31.4 Å². The zero-order chi connectivity index (χ0) is 55.8. The molecule has 0 aliphatic carbocycles. The van der Waals surface area contributed by atoms with Crippen molar-refractivity contribution >= 4 is 11.8 Å². The van der Waals surface area contributed by atoms with Gasteiger partial charge in [0.2, 0.25) is 5.91 Å². The third kappa shape index (κ3) is 21.3. The number of hydrogen-bond donors (Lipinski definition) is 3. The molecule has 1 aliphatic heterocycles. The zero-order valence-electron chi connectivity index (χ0n) is 46.8. The summed E-state index contributed by atoms with van der Waals surface area (Å²) in [4.78, 5) is 26.6. The average molecular weight is 1090 g/mol. The topological polar surface area (TPSA) is 152 Å². The number of hydrogen-bond acceptors (Lipinski definition) is 11. The van der Waals surface area contributed by atoms with Crippen LogP contribution in [0.15, 0.2) is 176 Å². The van der Waals surface area contributed by atoms with Crippen molar-refractivity contribution in [3.8, 4) is 5.75 Å². The fraction of sp³-hybridized carbons (Fsp3) is 0.433. The Labute approximate surface area is 474 Å². The minimum Gasteiger partial charge on any atom is -0.497 e. The van der Waals surface area contributed by atoms with Gasteiger partial charge >= 0.3 is 0 Å². The van der Waals surface area contributed by atoms with Crippen molar-refractivity contribution < 1.29 is 52.6 Å². The first-order valence-corrected chi connectivity index (χ1v) is 28.8. The molecule has 13 heteroatoms. The van der Waals surface area contributed by atoms with Gasteiger partial charge in [0.15, 0.2) is 6.29 Å². The molecule has 428 valence electrons. The number of aliphatic hydroxyl groups excluding tert-OH is 1. The minimum atomic E-state index is -1.04. The largest absolute Gasteiger partial charge is 0.497 e. The van der Waals surface area contributed by atoms with Crippen LogP contribution in [0.3, 0.4) is 0 Å². The van der Waals surface area contributed by atoms with Crippen molar-refractivity contribution in [3.63, 3.8) is 0 Å². The van der Waals surface area contributed by atoms with Gasteiger partial charge in [-0.2, -0.15) is 0 Å². The van der Waals surface area contributed by atoms with E-state index >= 15 is 0 Å². The summed E-state index contributed by atoms with van der Waals surface area (Å²) in [5, 5.41) is 18.0. The summed E-state index contributed by atoms with van der Waals surface area (Å²) in [7, 11) is 1.61. The number of carbonyl (C=O) groups is 2. The van der Waals surface area contributed by atoms with Crippen molar-refractivity contribution in [2.24, 2.45) is 0 Å². The van der Waals surface area contributed by atoms with E-state index in [4.69, 9.17) is 37.9 Å². The van der Waals surface area contributed by atoms with Crippen molar-refractivity contribution in [1.29, 1.82) is 0 Å². The van der Waals surface area contributed by atoms with Crippen LogP contribution < -0.4 is 15.4 Å². The highest BCUT2D eigenvalue weighted by Gasteiger charge is 2.49. The molecule has 6 aromatic carbocycles. The Kier molecular flexibility index (Phi) is 27.2. The molecular formula is C67H84N2O11. The molecule has 80 heavy (non-hydrogen) atoms. The van der Waals surface area contributed by atoms with Crippen LogP contribution in [0.1, 0.15) is 116 Å². The minimum absolute atomic E-state index is 0.0689. The van der Waals surface area contributed by atoms with E-state index < -0.39 is 49.0 Å². The van der Waals surface area contributed by atoms with Crippen LogP contribution in [0, 0.1) is 0 Å². The molecule has 8 atom stereocenters. The van der Waals surface area contributed by atoms with E-state index in [9.17, 15) is 14.7 Å². The quantitative estimate of drug-likeness (QED) is 0.0320. The monoisotopic (exact) mass is 1090 g/mol. The maximum Gasteiger partial charge on any atom is 0.251 e. The fourth-order valence-corrected chi connectivity index (χ4v) is 9.77.